The van der Waals surface area contributed by atoms with Gasteiger partial charge in [-0.3, -0.25) is 0 Å². The van der Waals surface area contributed by atoms with Crippen molar-refractivity contribution in [3.63, 3.8) is 0 Å². The molecule has 1 saturated heterocycles. The van der Waals surface area contributed by atoms with Crippen LogP contribution in [0.5, 0.6) is 0 Å². The van der Waals surface area contributed by atoms with E-state index in [1.54, 1.807) is 0 Å². The zero-order valence-electron chi connectivity index (χ0n) is 10.2. The second kappa shape index (κ2) is 5.63. The maximum atomic E-state index is 12.8. The molecule has 9 heteroatoms. The van der Waals surface area contributed by atoms with Crippen molar-refractivity contribution in [2.45, 2.75) is 11.1 Å². The Labute approximate surface area is 123 Å². The van der Waals surface area contributed by atoms with Gasteiger partial charge in [0.05, 0.1) is 10.5 Å². The van der Waals surface area contributed by atoms with Gasteiger partial charge < -0.3 is 5.32 Å². The highest BCUT2D eigenvalue weighted by Crippen LogP contribution is 2.36. The molecule has 0 radical (unpaired) electrons. The number of benzene rings is 1. The Morgan fingerprint density at radius 3 is 2.35 bits per heavy atom. The van der Waals surface area contributed by atoms with Crippen molar-refractivity contribution in [3.05, 3.63) is 28.2 Å². The molecular formula is C11H12BrF3N2O2S. The fourth-order valence-corrected chi connectivity index (χ4v) is 3.86. The second-order valence-corrected chi connectivity index (χ2v) is 7.09. The molecule has 1 N–H and O–H groups in total. The van der Waals surface area contributed by atoms with Gasteiger partial charge in [-0.05, 0) is 18.2 Å². The van der Waals surface area contributed by atoms with E-state index in [0.29, 0.717) is 19.2 Å². The Hall–Kier alpha value is -0.640. The molecular weight excluding hydrogens is 361 g/mol. The zero-order valence-corrected chi connectivity index (χ0v) is 12.6. The van der Waals surface area contributed by atoms with Crippen LogP contribution in [0, 0.1) is 0 Å². The largest absolute Gasteiger partial charge is 0.417 e. The zero-order chi connectivity index (χ0) is 15.0. The number of halogens is 4. The summed E-state index contributed by atoms with van der Waals surface area (Å²) < 4.78 is 64.0. The third-order valence-corrected chi connectivity index (χ3v) is 5.54. The number of sulfonamides is 1. The summed E-state index contributed by atoms with van der Waals surface area (Å²) in [6.07, 6.45) is -4.60. The lowest BCUT2D eigenvalue weighted by Gasteiger charge is -2.26. The number of nitrogens with zero attached hydrogens (tertiary/aromatic N) is 1. The summed E-state index contributed by atoms with van der Waals surface area (Å²) in [6, 6.07) is 2.95. The van der Waals surface area contributed by atoms with Crippen LogP contribution in [0.1, 0.15) is 5.56 Å². The van der Waals surface area contributed by atoms with E-state index in [-0.39, 0.29) is 22.5 Å². The van der Waals surface area contributed by atoms with Crippen molar-refractivity contribution >= 4 is 26.0 Å². The molecule has 1 aromatic carbocycles. The standard InChI is InChI=1S/C11H12BrF3N2O2S/c12-10-2-1-8(7-9(10)11(13,14)15)20(18,19)17-5-3-16-4-6-17/h1-2,7,16H,3-6H2. The number of hydrogen-bond acceptors (Lipinski definition) is 3. The van der Waals surface area contributed by atoms with Crippen LogP contribution in [0.15, 0.2) is 27.6 Å². The maximum Gasteiger partial charge on any atom is 0.417 e. The first-order chi connectivity index (χ1) is 9.23. The molecule has 1 aliphatic heterocycles. The van der Waals surface area contributed by atoms with Crippen LogP contribution in [0.2, 0.25) is 0 Å². The van der Waals surface area contributed by atoms with Crippen LogP contribution >= 0.6 is 15.9 Å². The fraction of sp³-hybridized carbons (Fsp3) is 0.455. The van der Waals surface area contributed by atoms with Crippen molar-refractivity contribution < 1.29 is 21.6 Å². The number of piperazine rings is 1. The highest BCUT2D eigenvalue weighted by molar-refractivity contribution is 9.10. The molecule has 0 bridgehead atoms. The monoisotopic (exact) mass is 372 g/mol. The smallest absolute Gasteiger partial charge is 0.314 e. The minimum absolute atomic E-state index is 0.177. The summed E-state index contributed by atoms with van der Waals surface area (Å²) in [7, 11) is -3.89. The molecule has 2 rings (SSSR count). The van der Waals surface area contributed by atoms with Crippen molar-refractivity contribution in [3.8, 4) is 0 Å². The van der Waals surface area contributed by atoms with Crippen LogP contribution in [0.4, 0.5) is 13.2 Å². The molecule has 0 unspecified atom stereocenters. The lowest BCUT2D eigenvalue weighted by Crippen LogP contribution is -2.46. The van der Waals surface area contributed by atoms with Crippen molar-refractivity contribution in [1.29, 1.82) is 0 Å². The van der Waals surface area contributed by atoms with E-state index < -0.39 is 21.8 Å². The highest BCUT2D eigenvalue weighted by Gasteiger charge is 2.35. The molecule has 112 valence electrons. The van der Waals surface area contributed by atoms with Gasteiger partial charge in [-0.1, -0.05) is 15.9 Å². The van der Waals surface area contributed by atoms with Crippen LogP contribution < -0.4 is 5.32 Å². The number of nitrogens with one attached hydrogen (secondary N) is 1. The van der Waals surface area contributed by atoms with Gasteiger partial charge in [-0.2, -0.15) is 17.5 Å². The van der Waals surface area contributed by atoms with Crippen molar-refractivity contribution in [1.82, 2.24) is 9.62 Å². The lowest BCUT2D eigenvalue weighted by molar-refractivity contribution is -0.138. The first-order valence-electron chi connectivity index (χ1n) is 5.80. The van der Waals surface area contributed by atoms with Gasteiger partial charge in [-0.25, -0.2) is 8.42 Å². The van der Waals surface area contributed by atoms with Gasteiger partial charge in [-0.15, -0.1) is 0 Å². The predicted octanol–water partition coefficient (Wildman–Crippen LogP) is 2.06. The summed E-state index contributed by atoms with van der Waals surface area (Å²) >= 11 is 2.79. The minimum atomic E-state index is -4.60. The highest BCUT2D eigenvalue weighted by atomic mass is 79.9. The van der Waals surface area contributed by atoms with Gasteiger partial charge in [0.15, 0.2) is 0 Å². The lowest BCUT2D eigenvalue weighted by atomic mass is 10.2. The number of hydrogen-bond donors (Lipinski definition) is 1. The van der Waals surface area contributed by atoms with E-state index in [1.165, 1.54) is 10.4 Å². The average molecular weight is 373 g/mol. The van der Waals surface area contributed by atoms with E-state index >= 15 is 0 Å². The van der Waals surface area contributed by atoms with Crippen LogP contribution in [-0.2, 0) is 16.2 Å². The topological polar surface area (TPSA) is 49.4 Å². The van der Waals surface area contributed by atoms with E-state index in [9.17, 15) is 21.6 Å². The summed E-state index contributed by atoms with van der Waals surface area (Å²) in [5, 5.41) is 2.99. The van der Waals surface area contributed by atoms with E-state index in [2.05, 4.69) is 21.2 Å². The molecule has 0 aliphatic carbocycles. The Morgan fingerprint density at radius 2 is 1.80 bits per heavy atom. The van der Waals surface area contributed by atoms with Gasteiger partial charge in [0, 0.05) is 30.7 Å². The third kappa shape index (κ3) is 3.16. The third-order valence-electron chi connectivity index (χ3n) is 2.96. The molecule has 0 spiro atoms. The molecule has 1 heterocycles. The van der Waals surface area contributed by atoms with Gasteiger partial charge in [0.1, 0.15) is 0 Å². The van der Waals surface area contributed by atoms with Crippen LogP contribution in [-0.4, -0.2) is 38.9 Å². The van der Waals surface area contributed by atoms with Gasteiger partial charge >= 0.3 is 6.18 Å². The Morgan fingerprint density at radius 1 is 1.20 bits per heavy atom. The average Bonchev–Trinajstić information content (AvgIpc) is 2.38. The molecule has 0 amide bonds. The van der Waals surface area contributed by atoms with Crippen LogP contribution in [0.3, 0.4) is 0 Å². The predicted molar refractivity (Wildman–Crippen MR) is 70.8 cm³/mol. The first-order valence-corrected chi connectivity index (χ1v) is 8.04. The summed E-state index contributed by atoms with van der Waals surface area (Å²) in [6.45, 7) is 1.48. The molecule has 1 aliphatic rings. The minimum Gasteiger partial charge on any atom is -0.314 e. The van der Waals surface area contributed by atoms with E-state index in [1.807, 2.05) is 0 Å². The van der Waals surface area contributed by atoms with Gasteiger partial charge in [0.25, 0.3) is 0 Å². The summed E-state index contributed by atoms with van der Waals surface area (Å²) in [5.74, 6) is 0. The van der Waals surface area contributed by atoms with Crippen molar-refractivity contribution in [2.75, 3.05) is 26.2 Å². The molecule has 1 aromatic rings. The fourth-order valence-electron chi connectivity index (χ4n) is 1.92. The SMILES string of the molecule is O=S(=O)(c1ccc(Br)c(C(F)(F)F)c1)N1CCNCC1. The normalized spacial score (nSPS) is 18.2. The Kier molecular flexibility index (Phi) is 4.43. The van der Waals surface area contributed by atoms with Crippen molar-refractivity contribution in [2.24, 2.45) is 0 Å². The molecule has 0 atom stereocenters. The Balaban J connectivity index is 2.42. The summed E-state index contributed by atoms with van der Waals surface area (Å²) in [5.41, 5.74) is -0.992. The first kappa shape index (κ1) is 15.7. The second-order valence-electron chi connectivity index (χ2n) is 4.29. The Bertz CT molecular complexity index is 598. The molecule has 20 heavy (non-hydrogen) atoms. The quantitative estimate of drug-likeness (QED) is 0.864. The molecule has 4 nitrogen and oxygen atoms in total. The molecule has 0 saturated carbocycles. The molecule has 0 aromatic heterocycles. The van der Waals surface area contributed by atoms with Crippen LogP contribution in [0.25, 0.3) is 0 Å². The number of alkyl halides is 3. The van der Waals surface area contributed by atoms with E-state index in [0.717, 1.165) is 6.07 Å². The maximum absolute atomic E-state index is 12.8. The number of rotatable bonds is 2. The van der Waals surface area contributed by atoms with Gasteiger partial charge in [0.2, 0.25) is 10.0 Å². The molecule has 1 fully saturated rings. The summed E-state index contributed by atoms with van der Waals surface area (Å²) in [4.78, 5) is -0.338. The van der Waals surface area contributed by atoms with E-state index in [4.69, 9.17) is 0 Å².